The molecule has 0 saturated heterocycles. The summed E-state index contributed by atoms with van der Waals surface area (Å²) in [6.45, 7) is 6.20. The lowest BCUT2D eigenvalue weighted by molar-refractivity contribution is -0.129. The summed E-state index contributed by atoms with van der Waals surface area (Å²) in [6.07, 6.45) is 1.48. The number of likely N-dealkylation sites (N-methyl/N-ethyl adjacent to an activating group) is 1. The Labute approximate surface area is 123 Å². The van der Waals surface area contributed by atoms with Crippen LogP contribution in [0.25, 0.3) is 0 Å². The van der Waals surface area contributed by atoms with Crippen molar-refractivity contribution in [3.63, 3.8) is 0 Å². The molecule has 0 aromatic carbocycles. The van der Waals surface area contributed by atoms with E-state index >= 15 is 0 Å². The third-order valence-corrected chi connectivity index (χ3v) is 3.07. The van der Waals surface area contributed by atoms with E-state index in [4.69, 9.17) is 11.6 Å². The van der Waals surface area contributed by atoms with Gasteiger partial charge in [0.2, 0.25) is 5.91 Å². The molecule has 7 heteroatoms. The minimum Gasteiger partial charge on any atom is -0.371 e. The summed E-state index contributed by atoms with van der Waals surface area (Å²) in [6, 6.07) is -0.482. The van der Waals surface area contributed by atoms with Gasteiger partial charge < -0.3 is 10.2 Å². The normalized spacial score (nSPS) is 12.3. The Bertz CT molecular complexity index is 540. The van der Waals surface area contributed by atoms with Crippen LogP contribution in [0.2, 0.25) is 5.02 Å². The van der Waals surface area contributed by atoms with Gasteiger partial charge in [-0.25, -0.2) is 4.68 Å². The van der Waals surface area contributed by atoms with Crippen molar-refractivity contribution >= 4 is 23.2 Å². The number of carbonyl (C=O) groups excluding carboxylic acids is 1. The molecule has 1 aromatic rings. The van der Waals surface area contributed by atoms with Gasteiger partial charge in [-0.2, -0.15) is 5.10 Å². The molecule has 1 unspecified atom stereocenters. The second-order valence-corrected chi connectivity index (χ2v) is 5.73. The van der Waals surface area contributed by atoms with Gasteiger partial charge in [0.1, 0.15) is 11.1 Å². The first-order valence-corrected chi connectivity index (χ1v) is 6.85. The minimum atomic E-state index is -0.482. The fourth-order valence-electron chi connectivity index (χ4n) is 1.72. The van der Waals surface area contributed by atoms with Gasteiger partial charge in [-0.3, -0.25) is 9.59 Å². The Balaban J connectivity index is 2.96. The van der Waals surface area contributed by atoms with Crippen molar-refractivity contribution in [3.05, 3.63) is 21.6 Å². The number of aromatic nitrogens is 2. The maximum atomic E-state index is 12.0. The predicted octanol–water partition coefficient (Wildman–Crippen LogP) is 1.44. The molecular weight excluding hydrogens is 280 g/mol. The highest BCUT2D eigenvalue weighted by molar-refractivity contribution is 6.33. The van der Waals surface area contributed by atoms with Crippen molar-refractivity contribution in [1.29, 1.82) is 0 Å². The molecule has 1 aromatic heterocycles. The molecular formula is C13H21ClN4O2. The summed E-state index contributed by atoms with van der Waals surface area (Å²) in [5.41, 5.74) is 0.0224. The molecule has 1 heterocycles. The molecule has 0 spiro atoms. The number of nitrogens with one attached hydrogen (secondary N) is 1. The molecule has 0 aliphatic heterocycles. The van der Waals surface area contributed by atoms with Crippen LogP contribution in [-0.4, -0.2) is 40.7 Å². The van der Waals surface area contributed by atoms with Crippen LogP contribution in [0.5, 0.6) is 0 Å². The Morgan fingerprint density at radius 3 is 2.55 bits per heavy atom. The standard InChI is InChI=1S/C13H21ClN4O2/c1-8(2)7-18-13(20)11(14)10(6-15-18)16-9(3)12(19)17(4)5/h6,8-9,16H,7H2,1-5H3. The van der Waals surface area contributed by atoms with Crippen LogP contribution in [0.15, 0.2) is 11.0 Å². The first kappa shape index (κ1) is 16.5. The van der Waals surface area contributed by atoms with E-state index in [2.05, 4.69) is 10.4 Å². The topological polar surface area (TPSA) is 67.2 Å². The zero-order valence-corrected chi connectivity index (χ0v) is 13.2. The number of rotatable bonds is 5. The van der Waals surface area contributed by atoms with Crippen molar-refractivity contribution in [1.82, 2.24) is 14.7 Å². The molecule has 0 radical (unpaired) electrons. The van der Waals surface area contributed by atoms with Gasteiger partial charge in [-0.15, -0.1) is 0 Å². The molecule has 20 heavy (non-hydrogen) atoms. The van der Waals surface area contributed by atoms with Gasteiger partial charge in [0.15, 0.2) is 0 Å². The lowest BCUT2D eigenvalue weighted by atomic mass is 10.2. The Hall–Kier alpha value is -1.56. The van der Waals surface area contributed by atoms with Gasteiger partial charge in [0.05, 0.1) is 11.9 Å². The average molecular weight is 301 g/mol. The molecule has 112 valence electrons. The van der Waals surface area contributed by atoms with Crippen LogP contribution in [0.4, 0.5) is 5.69 Å². The largest absolute Gasteiger partial charge is 0.371 e. The Morgan fingerprint density at radius 2 is 2.05 bits per heavy atom. The van der Waals surface area contributed by atoms with E-state index in [0.717, 1.165) is 0 Å². The summed E-state index contributed by atoms with van der Waals surface area (Å²) in [4.78, 5) is 25.3. The molecule has 1 amide bonds. The van der Waals surface area contributed by atoms with E-state index in [1.807, 2.05) is 13.8 Å². The number of halogens is 1. The number of anilines is 1. The highest BCUT2D eigenvalue weighted by Crippen LogP contribution is 2.17. The number of hydrogen-bond donors (Lipinski definition) is 1. The van der Waals surface area contributed by atoms with Gasteiger partial charge in [-0.05, 0) is 12.8 Å². The number of hydrogen-bond acceptors (Lipinski definition) is 4. The van der Waals surface area contributed by atoms with Gasteiger partial charge in [0.25, 0.3) is 5.56 Å². The summed E-state index contributed by atoms with van der Waals surface area (Å²) in [5, 5.41) is 7.04. The maximum Gasteiger partial charge on any atom is 0.287 e. The summed E-state index contributed by atoms with van der Waals surface area (Å²) in [7, 11) is 3.34. The van der Waals surface area contributed by atoms with Crippen molar-refractivity contribution in [2.24, 2.45) is 5.92 Å². The van der Waals surface area contributed by atoms with Crippen molar-refractivity contribution in [3.8, 4) is 0 Å². The summed E-state index contributed by atoms with van der Waals surface area (Å²) >= 11 is 6.05. The van der Waals surface area contributed by atoms with Crippen molar-refractivity contribution in [2.75, 3.05) is 19.4 Å². The molecule has 0 fully saturated rings. The Morgan fingerprint density at radius 1 is 1.45 bits per heavy atom. The highest BCUT2D eigenvalue weighted by atomic mass is 35.5. The molecule has 1 N–H and O–H groups in total. The zero-order valence-electron chi connectivity index (χ0n) is 12.5. The van der Waals surface area contributed by atoms with E-state index in [-0.39, 0.29) is 16.5 Å². The Kier molecular flexibility index (Phi) is 5.56. The minimum absolute atomic E-state index is 0.0547. The van der Waals surface area contributed by atoms with Gasteiger partial charge in [0, 0.05) is 20.6 Å². The smallest absolute Gasteiger partial charge is 0.287 e. The molecule has 6 nitrogen and oxygen atoms in total. The van der Waals surface area contributed by atoms with Crippen LogP contribution in [-0.2, 0) is 11.3 Å². The maximum absolute atomic E-state index is 12.0. The lowest BCUT2D eigenvalue weighted by Crippen LogP contribution is -2.37. The first-order chi connectivity index (χ1) is 9.23. The predicted molar refractivity (Wildman–Crippen MR) is 80.1 cm³/mol. The van der Waals surface area contributed by atoms with E-state index in [1.54, 1.807) is 21.0 Å². The van der Waals surface area contributed by atoms with Gasteiger partial charge in [-0.1, -0.05) is 25.4 Å². The molecule has 0 aliphatic carbocycles. The monoisotopic (exact) mass is 300 g/mol. The van der Waals surface area contributed by atoms with Crippen LogP contribution < -0.4 is 10.9 Å². The SMILES string of the molecule is CC(C)Cn1ncc(NC(C)C(=O)N(C)C)c(Cl)c1=O. The molecule has 0 bridgehead atoms. The lowest BCUT2D eigenvalue weighted by Gasteiger charge is -2.19. The average Bonchev–Trinajstić information content (AvgIpc) is 2.36. The number of carbonyl (C=O) groups is 1. The van der Waals surface area contributed by atoms with Crippen LogP contribution in [0.3, 0.4) is 0 Å². The molecule has 0 aliphatic rings. The third kappa shape index (κ3) is 3.96. The first-order valence-electron chi connectivity index (χ1n) is 6.47. The summed E-state index contributed by atoms with van der Waals surface area (Å²) < 4.78 is 1.33. The molecule has 1 atom stereocenters. The van der Waals surface area contributed by atoms with Crippen molar-refractivity contribution < 1.29 is 4.79 Å². The highest BCUT2D eigenvalue weighted by Gasteiger charge is 2.17. The number of nitrogens with zero attached hydrogens (tertiary/aromatic N) is 3. The molecule has 1 rings (SSSR count). The van der Waals surface area contributed by atoms with E-state index in [1.165, 1.54) is 15.8 Å². The third-order valence-electron chi connectivity index (χ3n) is 2.71. The zero-order chi connectivity index (χ0) is 15.4. The van der Waals surface area contributed by atoms with Gasteiger partial charge >= 0.3 is 0 Å². The number of amides is 1. The van der Waals surface area contributed by atoms with Crippen LogP contribution >= 0.6 is 11.6 Å². The quantitative estimate of drug-likeness (QED) is 0.893. The summed E-state index contributed by atoms with van der Waals surface area (Å²) in [5.74, 6) is 0.191. The fraction of sp³-hybridized carbons (Fsp3) is 0.615. The van der Waals surface area contributed by atoms with E-state index in [9.17, 15) is 9.59 Å². The van der Waals surface area contributed by atoms with Crippen molar-refractivity contribution in [2.45, 2.75) is 33.4 Å². The second-order valence-electron chi connectivity index (χ2n) is 5.35. The van der Waals surface area contributed by atoms with Crippen LogP contribution in [0, 0.1) is 5.92 Å². The van der Waals surface area contributed by atoms with E-state index < -0.39 is 6.04 Å². The van der Waals surface area contributed by atoms with Crippen LogP contribution in [0.1, 0.15) is 20.8 Å². The second kappa shape index (κ2) is 6.74. The molecule has 0 saturated carbocycles. The fourth-order valence-corrected chi connectivity index (χ4v) is 1.92. The van der Waals surface area contributed by atoms with E-state index in [0.29, 0.717) is 18.2 Å².